The summed E-state index contributed by atoms with van der Waals surface area (Å²) in [7, 11) is 1.89. The fraction of sp³-hybridized carbons (Fsp3) is 0.571. The molecule has 0 amide bonds. The van der Waals surface area contributed by atoms with Gasteiger partial charge in [-0.1, -0.05) is 6.07 Å². The number of hydrogen-bond donors (Lipinski definition) is 1. The molecule has 0 aromatic heterocycles. The van der Waals surface area contributed by atoms with Gasteiger partial charge in [0.25, 0.3) is 0 Å². The van der Waals surface area contributed by atoms with Crippen molar-refractivity contribution in [2.45, 2.75) is 31.9 Å². The van der Waals surface area contributed by atoms with Gasteiger partial charge in [0.15, 0.2) is 5.82 Å². The third-order valence-electron chi connectivity index (χ3n) is 3.52. The molecule has 1 aromatic rings. The molecule has 0 bridgehead atoms. The molecule has 1 unspecified atom stereocenters. The van der Waals surface area contributed by atoms with Crippen LogP contribution >= 0.6 is 15.9 Å². The predicted molar refractivity (Wildman–Crippen MR) is 78.9 cm³/mol. The number of likely N-dealkylation sites (N-methyl/N-ethyl adjacent to an activating group) is 1. The van der Waals surface area contributed by atoms with Crippen molar-refractivity contribution in [1.82, 2.24) is 0 Å². The molecule has 0 aliphatic carbocycles. The molecule has 1 aliphatic rings. The first kappa shape index (κ1) is 14.8. The third kappa shape index (κ3) is 3.46. The molecule has 2 N–H and O–H groups in total. The SMILES string of the molecule is CN(CC1CCCCO1)c1ccc(CN)c(Br)c1F. The molecular weight excluding hydrogens is 311 g/mol. The van der Waals surface area contributed by atoms with Gasteiger partial charge in [-0.25, -0.2) is 4.39 Å². The molecule has 0 radical (unpaired) electrons. The van der Waals surface area contributed by atoms with E-state index in [0.29, 0.717) is 23.2 Å². The van der Waals surface area contributed by atoms with Crippen LogP contribution in [0.4, 0.5) is 10.1 Å². The standard InChI is InChI=1S/C14H20BrFN2O/c1-18(9-11-4-2-3-7-19-11)12-6-5-10(8-17)13(15)14(12)16/h5-6,11H,2-4,7-9,17H2,1H3. The first-order valence-corrected chi connectivity index (χ1v) is 7.42. The number of nitrogens with two attached hydrogens (primary N) is 1. The number of nitrogens with zero attached hydrogens (tertiary/aromatic N) is 1. The van der Waals surface area contributed by atoms with Gasteiger partial charge >= 0.3 is 0 Å². The van der Waals surface area contributed by atoms with Crippen molar-refractivity contribution in [1.29, 1.82) is 0 Å². The lowest BCUT2D eigenvalue weighted by atomic mass is 10.1. The van der Waals surface area contributed by atoms with E-state index in [0.717, 1.165) is 25.0 Å². The molecule has 0 saturated carbocycles. The molecule has 1 aliphatic heterocycles. The Morgan fingerprint density at radius 1 is 1.47 bits per heavy atom. The maximum Gasteiger partial charge on any atom is 0.160 e. The molecule has 0 spiro atoms. The minimum absolute atomic E-state index is 0.200. The predicted octanol–water partition coefficient (Wildman–Crippen LogP) is 3.05. The normalized spacial score (nSPS) is 19.5. The van der Waals surface area contributed by atoms with Gasteiger partial charge in [-0.3, -0.25) is 0 Å². The Balaban J connectivity index is 2.10. The van der Waals surface area contributed by atoms with Crippen molar-refractivity contribution in [2.24, 2.45) is 5.73 Å². The molecule has 1 heterocycles. The fourth-order valence-corrected chi connectivity index (χ4v) is 2.88. The van der Waals surface area contributed by atoms with E-state index < -0.39 is 0 Å². The monoisotopic (exact) mass is 330 g/mol. The van der Waals surface area contributed by atoms with E-state index in [9.17, 15) is 4.39 Å². The van der Waals surface area contributed by atoms with E-state index in [-0.39, 0.29) is 11.9 Å². The van der Waals surface area contributed by atoms with E-state index in [1.165, 1.54) is 6.42 Å². The maximum absolute atomic E-state index is 14.3. The van der Waals surface area contributed by atoms with Crippen LogP contribution in [0.1, 0.15) is 24.8 Å². The van der Waals surface area contributed by atoms with Crippen molar-refractivity contribution < 1.29 is 9.13 Å². The second kappa shape index (κ2) is 6.68. The summed E-state index contributed by atoms with van der Waals surface area (Å²) < 4.78 is 20.4. The van der Waals surface area contributed by atoms with Crippen LogP contribution < -0.4 is 10.6 Å². The Labute approximate surface area is 122 Å². The molecular formula is C14H20BrFN2O. The van der Waals surface area contributed by atoms with E-state index in [2.05, 4.69) is 15.9 Å². The number of halogens is 2. The minimum atomic E-state index is -0.249. The van der Waals surface area contributed by atoms with Gasteiger partial charge in [0.2, 0.25) is 0 Å². The summed E-state index contributed by atoms with van der Waals surface area (Å²) in [5.74, 6) is -0.249. The van der Waals surface area contributed by atoms with Crippen molar-refractivity contribution in [3.05, 3.63) is 28.0 Å². The third-order valence-corrected chi connectivity index (χ3v) is 4.38. The van der Waals surface area contributed by atoms with Gasteiger partial charge < -0.3 is 15.4 Å². The highest BCUT2D eigenvalue weighted by Crippen LogP contribution is 2.29. The molecule has 5 heteroatoms. The summed E-state index contributed by atoms with van der Waals surface area (Å²) >= 11 is 3.27. The fourth-order valence-electron chi connectivity index (χ4n) is 2.39. The van der Waals surface area contributed by atoms with Crippen LogP contribution in [-0.2, 0) is 11.3 Å². The lowest BCUT2D eigenvalue weighted by Gasteiger charge is -2.29. The highest BCUT2D eigenvalue weighted by atomic mass is 79.9. The van der Waals surface area contributed by atoms with Gasteiger partial charge in [-0.2, -0.15) is 0 Å². The zero-order valence-electron chi connectivity index (χ0n) is 11.2. The first-order chi connectivity index (χ1) is 9.13. The second-order valence-electron chi connectivity index (χ2n) is 4.95. The van der Waals surface area contributed by atoms with Gasteiger partial charge in [0.1, 0.15) is 0 Å². The van der Waals surface area contributed by atoms with Gasteiger partial charge in [-0.05, 0) is 46.8 Å². The van der Waals surface area contributed by atoms with Crippen molar-refractivity contribution in [3.63, 3.8) is 0 Å². The highest BCUT2D eigenvalue weighted by molar-refractivity contribution is 9.10. The topological polar surface area (TPSA) is 38.5 Å². The number of ether oxygens (including phenoxy) is 1. The number of anilines is 1. The van der Waals surface area contributed by atoms with Crippen LogP contribution in [0.2, 0.25) is 0 Å². The van der Waals surface area contributed by atoms with Crippen LogP contribution in [0.15, 0.2) is 16.6 Å². The quantitative estimate of drug-likeness (QED) is 0.922. The summed E-state index contributed by atoms with van der Waals surface area (Å²) in [6, 6.07) is 3.64. The largest absolute Gasteiger partial charge is 0.376 e. The van der Waals surface area contributed by atoms with E-state index in [4.69, 9.17) is 10.5 Å². The molecule has 1 atom stereocenters. The van der Waals surface area contributed by atoms with Crippen LogP contribution in [0.25, 0.3) is 0 Å². The molecule has 3 nitrogen and oxygen atoms in total. The van der Waals surface area contributed by atoms with E-state index in [1.807, 2.05) is 18.0 Å². The van der Waals surface area contributed by atoms with Crippen molar-refractivity contribution in [2.75, 3.05) is 25.1 Å². The number of hydrogen-bond acceptors (Lipinski definition) is 3. The average molecular weight is 331 g/mol. The summed E-state index contributed by atoms with van der Waals surface area (Å²) in [4.78, 5) is 1.91. The van der Waals surface area contributed by atoms with Crippen molar-refractivity contribution in [3.8, 4) is 0 Å². The zero-order valence-corrected chi connectivity index (χ0v) is 12.7. The molecule has 1 saturated heterocycles. The Bertz CT molecular complexity index is 436. The summed E-state index contributed by atoms with van der Waals surface area (Å²) in [5.41, 5.74) is 6.93. The molecule has 1 fully saturated rings. The minimum Gasteiger partial charge on any atom is -0.376 e. The second-order valence-corrected chi connectivity index (χ2v) is 5.74. The Hall–Kier alpha value is -0.650. The summed E-state index contributed by atoms with van der Waals surface area (Å²) in [6.07, 6.45) is 3.57. The Morgan fingerprint density at radius 3 is 2.89 bits per heavy atom. The van der Waals surface area contributed by atoms with Crippen LogP contribution in [0.5, 0.6) is 0 Å². The molecule has 1 aromatic carbocycles. The average Bonchev–Trinajstić information content (AvgIpc) is 2.42. The molecule has 19 heavy (non-hydrogen) atoms. The molecule has 106 valence electrons. The number of rotatable bonds is 4. The lowest BCUT2D eigenvalue weighted by Crippen LogP contribution is -2.33. The van der Waals surface area contributed by atoms with Crippen LogP contribution in [0, 0.1) is 5.82 Å². The molecule has 2 rings (SSSR count). The highest BCUT2D eigenvalue weighted by Gasteiger charge is 2.19. The van der Waals surface area contributed by atoms with Gasteiger partial charge in [0, 0.05) is 26.7 Å². The zero-order chi connectivity index (χ0) is 13.8. The van der Waals surface area contributed by atoms with Gasteiger partial charge in [-0.15, -0.1) is 0 Å². The summed E-state index contributed by atoms with van der Waals surface area (Å²) in [5, 5.41) is 0. The van der Waals surface area contributed by atoms with Crippen LogP contribution in [-0.4, -0.2) is 26.3 Å². The Kier molecular flexibility index (Phi) is 5.19. The number of benzene rings is 1. The van der Waals surface area contributed by atoms with E-state index in [1.54, 1.807) is 6.07 Å². The van der Waals surface area contributed by atoms with Gasteiger partial charge in [0.05, 0.1) is 16.3 Å². The van der Waals surface area contributed by atoms with Crippen molar-refractivity contribution >= 4 is 21.6 Å². The van der Waals surface area contributed by atoms with E-state index >= 15 is 0 Å². The lowest BCUT2D eigenvalue weighted by molar-refractivity contribution is 0.0215. The van der Waals surface area contributed by atoms with Crippen LogP contribution in [0.3, 0.4) is 0 Å². The summed E-state index contributed by atoms with van der Waals surface area (Å²) in [6.45, 7) is 1.86. The first-order valence-electron chi connectivity index (χ1n) is 6.63. The smallest absolute Gasteiger partial charge is 0.160 e. The Morgan fingerprint density at radius 2 is 2.26 bits per heavy atom. The maximum atomic E-state index is 14.3.